The lowest BCUT2D eigenvalue weighted by Gasteiger charge is -2.32. The minimum Gasteiger partial charge on any atom is -0.399 e. The predicted molar refractivity (Wildman–Crippen MR) is 81.5 cm³/mol. The second-order valence-electron chi connectivity index (χ2n) is 6.65. The van der Waals surface area contributed by atoms with Crippen LogP contribution >= 0.6 is 0 Å². The van der Waals surface area contributed by atoms with Crippen LogP contribution in [0, 0.1) is 0 Å². The quantitative estimate of drug-likeness (QED) is 0.774. The number of nitrogens with zero attached hydrogens (tertiary/aromatic N) is 2. The summed E-state index contributed by atoms with van der Waals surface area (Å²) < 4.78 is 12.2. The van der Waals surface area contributed by atoms with Crippen molar-refractivity contribution in [1.82, 2.24) is 4.98 Å². The van der Waals surface area contributed by atoms with Crippen LogP contribution in [0.1, 0.15) is 40.5 Å². The topological polar surface area (TPSA) is 51.7 Å². The lowest BCUT2D eigenvalue weighted by Crippen LogP contribution is -2.41. The molecule has 2 aliphatic heterocycles. The monoisotopic (exact) mass is 288 g/mol. The molecule has 2 aliphatic rings. The van der Waals surface area contributed by atoms with Crippen molar-refractivity contribution in [2.75, 3.05) is 11.4 Å². The van der Waals surface area contributed by atoms with Crippen molar-refractivity contribution in [1.29, 1.82) is 0 Å². The highest BCUT2D eigenvalue weighted by atomic mass is 16.7. The Labute approximate surface area is 125 Å². The van der Waals surface area contributed by atoms with Crippen LogP contribution in [0.25, 0.3) is 0 Å². The number of rotatable bonds is 2. The molecular weight excluding hydrogens is 267 g/mol. The van der Waals surface area contributed by atoms with E-state index in [1.807, 2.05) is 39.8 Å². The van der Waals surface area contributed by atoms with Crippen LogP contribution in [0.3, 0.4) is 0 Å². The number of carbonyl (C=O) groups excluding carboxylic acids is 1. The Morgan fingerprint density at radius 2 is 1.90 bits per heavy atom. The third-order valence-electron chi connectivity index (χ3n) is 4.65. The van der Waals surface area contributed by atoms with Crippen molar-refractivity contribution in [2.45, 2.75) is 51.7 Å². The Kier molecular flexibility index (Phi) is 3.33. The van der Waals surface area contributed by atoms with E-state index in [0.29, 0.717) is 18.8 Å². The van der Waals surface area contributed by atoms with Crippen molar-refractivity contribution >= 4 is 24.3 Å². The van der Waals surface area contributed by atoms with E-state index in [2.05, 4.69) is 4.98 Å². The maximum Gasteiger partial charge on any atom is 0.498 e. The fourth-order valence-corrected chi connectivity index (χ4v) is 2.66. The van der Waals surface area contributed by atoms with Crippen LogP contribution in [0.15, 0.2) is 18.3 Å². The zero-order chi connectivity index (χ0) is 15.3. The van der Waals surface area contributed by atoms with Crippen molar-refractivity contribution in [3.8, 4) is 0 Å². The molecule has 1 amide bonds. The first-order valence-corrected chi connectivity index (χ1v) is 7.43. The minimum atomic E-state index is -0.493. The smallest absolute Gasteiger partial charge is 0.399 e. The predicted octanol–water partition coefficient (Wildman–Crippen LogP) is 1.51. The zero-order valence-corrected chi connectivity index (χ0v) is 13.0. The van der Waals surface area contributed by atoms with Gasteiger partial charge in [0.25, 0.3) is 0 Å². The number of anilines is 1. The summed E-state index contributed by atoms with van der Waals surface area (Å²) in [5.41, 5.74) is 0.0194. The Morgan fingerprint density at radius 3 is 2.48 bits per heavy atom. The highest BCUT2D eigenvalue weighted by Crippen LogP contribution is 2.37. The number of hydrogen-bond donors (Lipinski definition) is 0. The molecule has 6 heteroatoms. The molecule has 0 saturated carbocycles. The van der Waals surface area contributed by atoms with Gasteiger partial charge in [-0.05, 0) is 40.2 Å². The summed E-state index contributed by atoms with van der Waals surface area (Å²) in [5.74, 6) is 0.782. The number of amides is 1. The maximum atomic E-state index is 12.0. The van der Waals surface area contributed by atoms with E-state index in [-0.39, 0.29) is 5.91 Å². The van der Waals surface area contributed by atoms with Gasteiger partial charge in [0.1, 0.15) is 5.82 Å². The number of aromatic nitrogens is 1. The molecule has 0 bridgehead atoms. The Morgan fingerprint density at radius 1 is 1.24 bits per heavy atom. The summed E-state index contributed by atoms with van der Waals surface area (Å²) in [4.78, 5) is 18.1. The lowest BCUT2D eigenvalue weighted by molar-refractivity contribution is -0.117. The molecule has 0 N–H and O–H groups in total. The van der Waals surface area contributed by atoms with Gasteiger partial charge in [-0.2, -0.15) is 0 Å². The molecule has 0 aliphatic carbocycles. The number of pyridine rings is 1. The molecule has 3 rings (SSSR count). The largest absolute Gasteiger partial charge is 0.498 e. The first-order valence-electron chi connectivity index (χ1n) is 7.43. The average molecular weight is 288 g/mol. The van der Waals surface area contributed by atoms with Crippen molar-refractivity contribution in [3.63, 3.8) is 0 Å². The molecule has 5 nitrogen and oxygen atoms in total. The molecule has 2 saturated heterocycles. The van der Waals surface area contributed by atoms with Gasteiger partial charge in [0.05, 0.1) is 11.2 Å². The van der Waals surface area contributed by atoms with Crippen molar-refractivity contribution in [2.24, 2.45) is 0 Å². The van der Waals surface area contributed by atoms with Gasteiger partial charge in [0, 0.05) is 24.6 Å². The molecular formula is C15H21BN2O3. The summed E-state index contributed by atoms with van der Waals surface area (Å²) in [6, 6.07) is 3.78. The van der Waals surface area contributed by atoms with Gasteiger partial charge in [-0.15, -0.1) is 0 Å². The van der Waals surface area contributed by atoms with Gasteiger partial charge in [0.15, 0.2) is 0 Å². The molecule has 0 radical (unpaired) electrons. The number of carbonyl (C=O) groups is 1. The van der Waals surface area contributed by atoms with E-state index >= 15 is 0 Å². The van der Waals surface area contributed by atoms with Crippen LogP contribution in [0.2, 0.25) is 0 Å². The lowest BCUT2D eigenvalue weighted by atomic mass is 9.79. The third-order valence-corrected chi connectivity index (χ3v) is 4.65. The zero-order valence-electron chi connectivity index (χ0n) is 13.0. The SMILES string of the molecule is CC1(C)OB(c2cccnc2N2CCCC2=O)OC1(C)C. The first kappa shape index (κ1) is 14.5. The van der Waals surface area contributed by atoms with E-state index in [0.717, 1.165) is 11.9 Å². The summed E-state index contributed by atoms with van der Waals surface area (Å²) >= 11 is 0. The second-order valence-corrected chi connectivity index (χ2v) is 6.65. The molecule has 1 aromatic heterocycles. The molecule has 1 aromatic rings. The van der Waals surface area contributed by atoms with Crippen LogP contribution in [0.5, 0.6) is 0 Å². The molecule has 0 atom stereocenters. The van der Waals surface area contributed by atoms with Crippen LogP contribution < -0.4 is 10.4 Å². The molecule has 3 heterocycles. The number of hydrogen-bond acceptors (Lipinski definition) is 4. The summed E-state index contributed by atoms with van der Waals surface area (Å²) in [7, 11) is -0.493. The molecule has 112 valence electrons. The van der Waals surface area contributed by atoms with Gasteiger partial charge < -0.3 is 9.31 Å². The van der Waals surface area contributed by atoms with E-state index < -0.39 is 18.3 Å². The van der Waals surface area contributed by atoms with Crippen molar-refractivity contribution < 1.29 is 14.1 Å². The van der Waals surface area contributed by atoms with Gasteiger partial charge in [-0.25, -0.2) is 4.98 Å². The average Bonchev–Trinajstić information content (AvgIpc) is 2.91. The summed E-state index contributed by atoms with van der Waals surface area (Å²) in [6.07, 6.45) is 3.16. The third kappa shape index (κ3) is 2.36. The van der Waals surface area contributed by atoms with E-state index in [9.17, 15) is 4.79 Å². The molecule has 2 fully saturated rings. The van der Waals surface area contributed by atoms with Gasteiger partial charge in [-0.3, -0.25) is 9.69 Å². The summed E-state index contributed by atoms with van der Waals surface area (Å²) in [5, 5.41) is 0. The van der Waals surface area contributed by atoms with Crippen molar-refractivity contribution in [3.05, 3.63) is 18.3 Å². The maximum absolute atomic E-state index is 12.0. The van der Waals surface area contributed by atoms with Gasteiger partial charge >= 0.3 is 7.12 Å². The Hall–Kier alpha value is -1.40. The second kappa shape index (κ2) is 4.82. The standard InChI is InChI=1S/C15H21BN2O3/c1-14(2)15(3,4)21-16(20-14)11-7-5-9-17-13(11)18-10-6-8-12(18)19/h5,7,9H,6,8,10H2,1-4H3. The highest BCUT2D eigenvalue weighted by Gasteiger charge is 2.52. The Bertz CT molecular complexity index is 558. The van der Waals surface area contributed by atoms with E-state index in [1.54, 1.807) is 11.1 Å². The highest BCUT2D eigenvalue weighted by molar-refractivity contribution is 6.64. The minimum absolute atomic E-state index is 0.117. The molecule has 21 heavy (non-hydrogen) atoms. The van der Waals surface area contributed by atoms with Crippen LogP contribution in [-0.2, 0) is 14.1 Å². The Balaban J connectivity index is 1.96. The first-order chi connectivity index (χ1) is 9.82. The van der Waals surface area contributed by atoms with Gasteiger partial charge in [0.2, 0.25) is 5.91 Å². The normalized spacial score (nSPS) is 23.9. The fraction of sp³-hybridized carbons (Fsp3) is 0.600. The van der Waals surface area contributed by atoms with Gasteiger partial charge in [-0.1, -0.05) is 6.07 Å². The summed E-state index contributed by atoms with van der Waals surface area (Å²) in [6.45, 7) is 8.78. The van der Waals surface area contributed by atoms with E-state index in [1.165, 1.54) is 0 Å². The van der Waals surface area contributed by atoms with E-state index in [4.69, 9.17) is 9.31 Å². The van der Waals surface area contributed by atoms with Crippen LogP contribution in [0.4, 0.5) is 5.82 Å². The molecule has 0 spiro atoms. The van der Waals surface area contributed by atoms with Crippen LogP contribution in [-0.4, -0.2) is 35.8 Å². The fourth-order valence-electron chi connectivity index (χ4n) is 2.66. The molecule has 0 unspecified atom stereocenters. The molecule has 0 aromatic carbocycles.